The van der Waals surface area contributed by atoms with Gasteiger partial charge in [-0.1, -0.05) is 23.2 Å². The molecule has 4 nitrogen and oxygen atoms in total. The van der Waals surface area contributed by atoms with Crippen molar-refractivity contribution in [2.45, 2.75) is 18.7 Å². The van der Waals surface area contributed by atoms with Crippen LogP contribution in [0, 0.1) is 13.8 Å². The van der Waals surface area contributed by atoms with E-state index in [4.69, 9.17) is 27.4 Å². The summed E-state index contributed by atoms with van der Waals surface area (Å²) in [6, 6.07) is 9.65. The second-order valence-electron chi connectivity index (χ2n) is 5.35. The van der Waals surface area contributed by atoms with Gasteiger partial charge in [0.2, 0.25) is 0 Å². The van der Waals surface area contributed by atoms with Crippen LogP contribution < -0.4 is 4.18 Å². The maximum Gasteiger partial charge on any atom is 0.339 e. The Morgan fingerprint density at radius 1 is 1.00 bits per heavy atom. The molecule has 0 radical (unpaired) electrons. The highest BCUT2D eigenvalue weighted by Gasteiger charge is 2.22. The van der Waals surface area contributed by atoms with Gasteiger partial charge in [0.1, 0.15) is 10.4 Å². The maximum atomic E-state index is 12.7. The predicted molar refractivity (Wildman–Crippen MR) is 95.5 cm³/mol. The van der Waals surface area contributed by atoms with E-state index >= 15 is 0 Å². The number of aromatic nitrogens is 1. The Hall–Kier alpha value is -1.82. The molecule has 124 valence electrons. The second-order valence-corrected chi connectivity index (χ2v) is 7.68. The summed E-state index contributed by atoms with van der Waals surface area (Å²) in [5, 5.41) is 1.60. The van der Waals surface area contributed by atoms with E-state index in [-0.39, 0.29) is 10.6 Å². The Morgan fingerprint density at radius 2 is 1.75 bits per heavy atom. The summed E-state index contributed by atoms with van der Waals surface area (Å²) in [6.45, 7) is 3.40. The number of nitrogens with zero attached hydrogens (tertiary/aromatic N) is 1. The van der Waals surface area contributed by atoms with E-state index in [2.05, 4.69) is 4.98 Å². The van der Waals surface area contributed by atoms with Crippen LogP contribution in [0.3, 0.4) is 0 Å². The normalized spacial score (nSPS) is 11.7. The molecule has 0 aliphatic carbocycles. The molecule has 0 atom stereocenters. The fourth-order valence-corrected chi connectivity index (χ4v) is 4.03. The van der Waals surface area contributed by atoms with Gasteiger partial charge in [0.15, 0.2) is 5.75 Å². The summed E-state index contributed by atoms with van der Waals surface area (Å²) in [7, 11) is -4.03. The lowest BCUT2D eigenvalue weighted by Gasteiger charge is -2.12. The van der Waals surface area contributed by atoms with E-state index in [9.17, 15) is 8.42 Å². The van der Waals surface area contributed by atoms with Gasteiger partial charge in [0.25, 0.3) is 0 Å². The van der Waals surface area contributed by atoms with Crippen LogP contribution in [0.1, 0.15) is 11.1 Å². The highest BCUT2D eigenvalue weighted by Crippen LogP contribution is 2.32. The van der Waals surface area contributed by atoms with Crippen molar-refractivity contribution in [2.24, 2.45) is 0 Å². The zero-order valence-corrected chi connectivity index (χ0v) is 15.2. The first-order valence-electron chi connectivity index (χ1n) is 7.04. The molecule has 0 fully saturated rings. The van der Waals surface area contributed by atoms with Crippen LogP contribution in [-0.4, -0.2) is 13.4 Å². The molecule has 24 heavy (non-hydrogen) atoms. The molecule has 1 aromatic heterocycles. The van der Waals surface area contributed by atoms with Gasteiger partial charge in [-0.25, -0.2) is 0 Å². The van der Waals surface area contributed by atoms with Crippen LogP contribution in [0.5, 0.6) is 5.75 Å². The van der Waals surface area contributed by atoms with E-state index < -0.39 is 10.1 Å². The van der Waals surface area contributed by atoms with E-state index in [0.29, 0.717) is 32.1 Å². The Labute approximate surface area is 150 Å². The van der Waals surface area contributed by atoms with Gasteiger partial charge in [0.05, 0.1) is 5.02 Å². The molecule has 0 unspecified atom stereocenters. The molecular formula is C17H13Cl2NO3S. The first kappa shape index (κ1) is 17.0. The predicted octanol–water partition coefficient (Wildman–Crippen LogP) is 4.93. The summed E-state index contributed by atoms with van der Waals surface area (Å²) < 4.78 is 30.7. The molecule has 0 bridgehead atoms. The van der Waals surface area contributed by atoms with Crippen LogP contribution in [0.2, 0.25) is 10.0 Å². The third-order valence-corrected chi connectivity index (χ3v) is 5.72. The molecule has 1 heterocycles. The zero-order chi connectivity index (χ0) is 17.5. The van der Waals surface area contributed by atoms with Crippen molar-refractivity contribution < 1.29 is 12.6 Å². The third-order valence-electron chi connectivity index (χ3n) is 3.60. The van der Waals surface area contributed by atoms with E-state index in [0.717, 1.165) is 0 Å². The Bertz CT molecular complexity index is 1050. The molecule has 3 rings (SSSR count). The average molecular weight is 382 g/mol. The third kappa shape index (κ3) is 3.07. The van der Waals surface area contributed by atoms with Gasteiger partial charge in [-0.3, -0.25) is 4.98 Å². The van der Waals surface area contributed by atoms with Crippen molar-refractivity contribution in [1.29, 1.82) is 0 Å². The number of hydrogen-bond acceptors (Lipinski definition) is 4. The lowest BCUT2D eigenvalue weighted by molar-refractivity contribution is 0.487. The van der Waals surface area contributed by atoms with Gasteiger partial charge < -0.3 is 4.18 Å². The van der Waals surface area contributed by atoms with Gasteiger partial charge in [-0.05, 0) is 61.4 Å². The molecule has 0 amide bonds. The molecule has 2 aromatic carbocycles. The Kier molecular flexibility index (Phi) is 4.42. The van der Waals surface area contributed by atoms with Crippen LogP contribution in [0.15, 0.2) is 47.5 Å². The molecular weight excluding hydrogens is 369 g/mol. The summed E-state index contributed by atoms with van der Waals surface area (Å²) in [4.78, 5) is 4.25. The summed E-state index contributed by atoms with van der Waals surface area (Å²) >= 11 is 12.2. The largest absolute Gasteiger partial charge is 0.377 e. The topological polar surface area (TPSA) is 56.3 Å². The zero-order valence-electron chi connectivity index (χ0n) is 12.9. The van der Waals surface area contributed by atoms with Crippen molar-refractivity contribution in [3.63, 3.8) is 0 Å². The number of benzene rings is 2. The van der Waals surface area contributed by atoms with Gasteiger partial charge in [0, 0.05) is 16.6 Å². The Balaban J connectivity index is 2.12. The summed E-state index contributed by atoms with van der Waals surface area (Å²) in [5.41, 5.74) is 1.55. The van der Waals surface area contributed by atoms with E-state index in [1.165, 1.54) is 12.1 Å². The quantitative estimate of drug-likeness (QED) is 0.603. The monoisotopic (exact) mass is 381 g/mol. The van der Waals surface area contributed by atoms with E-state index in [1.54, 1.807) is 44.3 Å². The lowest BCUT2D eigenvalue weighted by Crippen LogP contribution is -2.12. The fourth-order valence-electron chi connectivity index (χ4n) is 2.37. The first-order chi connectivity index (χ1) is 11.3. The number of pyridine rings is 1. The number of aryl methyl sites for hydroxylation is 2. The minimum Gasteiger partial charge on any atom is -0.377 e. The van der Waals surface area contributed by atoms with Gasteiger partial charge in [-0.15, -0.1) is 0 Å². The molecule has 0 saturated heterocycles. The maximum absolute atomic E-state index is 12.7. The van der Waals surface area contributed by atoms with Gasteiger partial charge >= 0.3 is 10.1 Å². The average Bonchev–Trinajstić information content (AvgIpc) is 2.53. The SMILES string of the molecule is Cc1cc(S(=O)(=O)Oc2ccc(Cl)c3cccnc23)c(C)cc1Cl. The van der Waals surface area contributed by atoms with E-state index in [1.807, 2.05) is 0 Å². The fraction of sp³-hybridized carbons (Fsp3) is 0.118. The van der Waals surface area contributed by atoms with Crippen molar-refractivity contribution in [1.82, 2.24) is 4.98 Å². The van der Waals surface area contributed by atoms with Crippen LogP contribution in [0.4, 0.5) is 0 Å². The summed E-state index contributed by atoms with van der Waals surface area (Å²) in [5.74, 6) is 0.127. The van der Waals surface area contributed by atoms with Crippen molar-refractivity contribution in [3.05, 3.63) is 63.8 Å². The smallest absolute Gasteiger partial charge is 0.339 e. The van der Waals surface area contributed by atoms with Crippen molar-refractivity contribution in [3.8, 4) is 5.75 Å². The minimum absolute atomic E-state index is 0.0726. The molecule has 0 aliphatic rings. The number of halogens is 2. The number of fused-ring (bicyclic) bond motifs is 1. The molecule has 0 aliphatic heterocycles. The van der Waals surface area contributed by atoms with Crippen LogP contribution >= 0.6 is 23.2 Å². The molecule has 0 N–H and O–H groups in total. The molecule has 3 aromatic rings. The minimum atomic E-state index is -4.03. The first-order valence-corrected chi connectivity index (χ1v) is 9.20. The Morgan fingerprint density at radius 3 is 2.50 bits per heavy atom. The number of rotatable bonds is 3. The second kappa shape index (κ2) is 6.24. The highest BCUT2D eigenvalue weighted by molar-refractivity contribution is 7.87. The molecule has 0 spiro atoms. The number of hydrogen-bond donors (Lipinski definition) is 0. The van der Waals surface area contributed by atoms with Gasteiger partial charge in [-0.2, -0.15) is 8.42 Å². The van der Waals surface area contributed by atoms with Crippen LogP contribution in [0.25, 0.3) is 10.9 Å². The standard InChI is InChI=1S/C17H13Cl2NO3S/c1-10-9-16(11(2)8-14(10)19)24(21,22)23-15-6-5-13(18)12-4-3-7-20-17(12)15/h3-9H,1-2H3. The summed E-state index contributed by atoms with van der Waals surface area (Å²) in [6.07, 6.45) is 1.55. The highest BCUT2D eigenvalue weighted by atomic mass is 35.5. The molecule has 7 heteroatoms. The van der Waals surface area contributed by atoms with Crippen molar-refractivity contribution >= 4 is 44.2 Å². The molecule has 0 saturated carbocycles. The lowest BCUT2D eigenvalue weighted by atomic mass is 10.2. The van der Waals surface area contributed by atoms with Crippen molar-refractivity contribution in [2.75, 3.05) is 0 Å². The van der Waals surface area contributed by atoms with Crippen LogP contribution in [-0.2, 0) is 10.1 Å².